The number of hydrogen-bond acceptors (Lipinski definition) is 18. The maximum atomic E-state index is 11.2. The summed E-state index contributed by atoms with van der Waals surface area (Å²) in [4.78, 5) is 97.6. The molecule has 0 aliphatic heterocycles. The van der Waals surface area contributed by atoms with Gasteiger partial charge in [-0.1, -0.05) is 0 Å². The summed E-state index contributed by atoms with van der Waals surface area (Å²) in [7, 11) is 2.22. The van der Waals surface area contributed by atoms with Gasteiger partial charge in [0.15, 0.2) is 0 Å². The van der Waals surface area contributed by atoms with Crippen molar-refractivity contribution in [1.82, 2.24) is 0 Å². The fraction of sp³-hybridized carbons (Fsp3) is 0.800. The van der Waals surface area contributed by atoms with Crippen LogP contribution < -0.4 is 29.6 Å². The third-order valence-corrected chi connectivity index (χ3v) is 14.5. The zero-order valence-electron chi connectivity index (χ0n) is 39.8. The first-order valence-corrected chi connectivity index (χ1v) is 24.4. The van der Waals surface area contributed by atoms with Crippen molar-refractivity contribution in [3.05, 3.63) is 0 Å². The predicted molar refractivity (Wildman–Crippen MR) is 234 cm³/mol. The Kier molecular flexibility index (Phi) is 32.8. The van der Waals surface area contributed by atoms with E-state index in [1.165, 1.54) is 35.5 Å². The molecule has 2 N–H and O–H groups in total. The van der Waals surface area contributed by atoms with Crippen LogP contribution in [0, 0.1) is 59.2 Å². The van der Waals surface area contributed by atoms with E-state index in [0.717, 1.165) is 76.8 Å². The van der Waals surface area contributed by atoms with E-state index in [0.29, 0.717) is 64.2 Å². The fourth-order valence-corrected chi connectivity index (χ4v) is 9.78. The summed E-state index contributed by atoms with van der Waals surface area (Å²) in [6.07, 6.45) is 15.5. The smallest absolute Gasteiger partial charge is 0.746 e. The molecule has 22 heteroatoms. The van der Waals surface area contributed by atoms with Crippen LogP contribution in [0.5, 0.6) is 0 Å². The summed E-state index contributed by atoms with van der Waals surface area (Å²) in [6.45, 7) is 0. The van der Waals surface area contributed by atoms with Gasteiger partial charge in [-0.25, -0.2) is 8.42 Å². The van der Waals surface area contributed by atoms with Crippen molar-refractivity contribution in [1.29, 1.82) is 0 Å². The van der Waals surface area contributed by atoms with Crippen molar-refractivity contribution < 1.29 is 120 Å². The Bertz CT molecular complexity index is 1570. The Morgan fingerprint density at radius 3 is 0.910 bits per heavy atom. The fourth-order valence-electron chi connectivity index (χ4n) is 8.82. The number of carbonyl (C=O) groups excluding carboxylic acids is 8. The average molecular weight is 1010 g/mol. The van der Waals surface area contributed by atoms with Crippen LogP contribution in [0.2, 0.25) is 0 Å². The van der Waals surface area contributed by atoms with Crippen LogP contribution in [0.4, 0.5) is 0 Å². The quantitative estimate of drug-likeness (QED) is 0.0746. The van der Waals surface area contributed by atoms with Gasteiger partial charge < -0.3 is 48.0 Å². The van der Waals surface area contributed by atoms with Gasteiger partial charge >= 0.3 is 65.4 Å². The van der Waals surface area contributed by atoms with Crippen molar-refractivity contribution in [2.75, 3.05) is 35.5 Å². The number of aliphatic hydroxyl groups excluding tert-OH is 1. The summed E-state index contributed by atoms with van der Waals surface area (Å²) >= 11 is 5.36. The number of aliphatic carboxylic acids is 1. The number of rotatable bonds is 11. The monoisotopic (exact) mass is 1000 g/mol. The third kappa shape index (κ3) is 23.9. The number of aliphatic hydroxyl groups is 1. The minimum Gasteiger partial charge on any atom is -0.746 e. The van der Waals surface area contributed by atoms with Gasteiger partial charge in [0, 0.05) is 17.8 Å². The molecule has 0 saturated heterocycles. The van der Waals surface area contributed by atoms with Gasteiger partial charge in [0.05, 0.1) is 71.1 Å². The third-order valence-electron chi connectivity index (χ3n) is 13.2. The van der Waals surface area contributed by atoms with Gasteiger partial charge in [-0.3, -0.25) is 33.6 Å². The van der Waals surface area contributed by atoms with E-state index in [2.05, 4.69) is 23.7 Å². The van der Waals surface area contributed by atoms with E-state index in [1.807, 2.05) is 0 Å². The molecule has 0 aromatic rings. The number of methoxy groups -OCH3 is 5. The number of ether oxygens (including phenoxy) is 5. The van der Waals surface area contributed by atoms with Gasteiger partial charge in [-0.15, -0.1) is 0 Å². The number of carboxylic acid groups (broad SMARTS) is 1. The van der Waals surface area contributed by atoms with Crippen LogP contribution in [0.3, 0.4) is 0 Å². The van der Waals surface area contributed by atoms with Crippen molar-refractivity contribution in [3.63, 3.8) is 0 Å². The molecular weight excluding hydrogens is 935 g/mol. The molecule has 19 nitrogen and oxygen atoms in total. The largest absolute Gasteiger partial charge is 1.00 e. The van der Waals surface area contributed by atoms with E-state index >= 15 is 0 Å². The Hall–Kier alpha value is -3.01. The van der Waals surface area contributed by atoms with E-state index in [4.69, 9.17) is 16.7 Å². The van der Waals surface area contributed by atoms with Gasteiger partial charge in [0.1, 0.15) is 28.1 Å². The van der Waals surface area contributed by atoms with E-state index in [1.54, 1.807) is 0 Å². The van der Waals surface area contributed by atoms with Gasteiger partial charge in [-0.2, -0.15) is 0 Å². The van der Waals surface area contributed by atoms with Gasteiger partial charge in [0.25, 0.3) is 0 Å². The molecule has 0 spiro atoms. The molecule has 5 aliphatic carbocycles. The van der Waals surface area contributed by atoms with E-state index in [9.17, 15) is 61.2 Å². The summed E-state index contributed by atoms with van der Waals surface area (Å²) in [5.41, 5.74) is -1.86. The molecule has 0 amide bonds. The first-order chi connectivity index (χ1) is 31.2. The number of carboxylic acids is 1. The maximum absolute atomic E-state index is 11.2. The number of hydrogen-bond donors (Lipinski definition) is 2. The second-order valence-electron chi connectivity index (χ2n) is 17.3. The Balaban J connectivity index is 0.000000813. The molecule has 0 bridgehead atoms. The molecule has 5 rings (SSSR count). The minimum absolute atomic E-state index is 0. The molecular formula is C45H70ClNaO19S. The normalized spacial score (nSPS) is 28.2. The standard InChI is InChI=1S/C9H13ClO3.C9H16O6S.C9H14O4.2C9H14O3.Na/c1-13-9(12)7-4-2-6(3-5-7)8(10)11;1-15-8(10)6-2-4-7(5-3-6)9(11)16(12,13)14;1-13-9(12)7-4-2-6(3-5-7)8(10)11;2*1-12-9(11)8-4-2-7(6-10)3-5-8;/h6-7H,2-5H2,1H3;6-7,9,11H,2-5H2,1H3,(H,12,13,14);6-7H,2-5H2,1H3,(H,10,11);2*6-8H,2-5H2,1H3;/q;;;;;+1/p-1. The maximum Gasteiger partial charge on any atom is 1.00 e. The SMILES string of the molecule is COC(=O)C1CCC(C(=O)Cl)CC1.COC(=O)C1CCC(C(=O)O)CC1.COC(=O)C1CCC(C(O)S(=O)(=O)[O-])CC1.COC(=O)C1CCC(C=O)CC1.COC(=O)C1CCC(C=O)CC1.[Na+]. The summed E-state index contributed by atoms with van der Waals surface area (Å²) in [6, 6.07) is 0. The Labute approximate surface area is 421 Å². The minimum atomic E-state index is -4.66. The van der Waals surface area contributed by atoms with E-state index < -0.39 is 27.4 Å². The van der Waals surface area contributed by atoms with Crippen LogP contribution in [0.1, 0.15) is 128 Å². The molecule has 5 saturated carbocycles. The summed E-state index contributed by atoms with van der Waals surface area (Å²) in [5.74, 6) is -2.52. The summed E-state index contributed by atoms with van der Waals surface area (Å²) in [5, 5.41) is 17.7. The second-order valence-corrected chi connectivity index (χ2v) is 19.2. The zero-order chi connectivity index (χ0) is 50.0. The van der Waals surface area contributed by atoms with E-state index in [-0.39, 0.29) is 118 Å². The topological polar surface area (TPSA) is 297 Å². The van der Waals surface area contributed by atoms with Crippen LogP contribution in [-0.4, -0.2) is 118 Å². The van der Waals surface area contributed by atoms with Crippen molar-refractivity contribution in [2.45, 2.75) is 134 Å². The molecule has 1 unspecified atom stereocenters. The van der Waals surface area contributed by atoms with Crippen LogP contribution in [0.15, 0.2) is 0 Å². The molecule has 5 fully saturated rings. The summed E-state index contributed by atoms with van der Waals surface area (Å²) < 4.78 is 54.9. The molecule has 0 radical (unpaired) electrons. The Morgan fingerprint density at radius 2 is 0.701 bits per heavy atom. The Morgan fingerprint density at radius 1 is 0.478 bits per heavy atom. The first kappa shape index (κ1) is 64.0. The van der Waals surface area contributed by atoms with Gasteiger partial charge in [-0.05, 0) is 146 Å². The molecule has 67 heavy (non-hydrogen) atoms. The van der Waals surface area contributed by atoms with Crippen molar-refractivity contribution in [3.8, 4) is 0 Å². The van der Waals surface area contributed by atoms with Crippen LogP contribution >= 0.6 is 11.6 Å². The second kappa shape index (κ2) is 34.3. The molecule has 5 aliphatic rings. The molecule has 0 heterocycles. The first-order valence-electron chi connectivity index (χ1n) is 22.6. The molecule has 0 aromatic carbocycles. The van der Waals surface area contributed by atoms with Crippen molar-refractivity contribution >= 4 is 75.3 Å². The zero-order valence-corrected chi connectivity index (χ0v) is 43.3. The number of aldehydes is 2. The van der Waals surface area contributed by atoms with Crippen molar-refractivity contribution in [2.24, 2.45) is 59.2 Å². The number of halogens is 1. The number of carbonyl (C=O) groups is 9. The molecule has 378 valence electrons. The van der Waals surface area contributed by atoms with Crippen LogP contribution in [-0.2, 0) is 77.0 Å². The van der Waals surface area contributed by atoms with Crippen LogP contribution in [0.25, 0.3) is 0 Å². The van der Waals surface area contributed by atoms with Gasteiger partial charge in [0.2, 0.25) is 5.24 Å². The molecule has 1 atom stereocenters. The average Bonchev–Trinajstić information content (AvgIpc) is 3.35. The predicted octanol–water partition coefficient (Wildman–Crippen LogP) is 1.94. The molecule has 0 aromatic heterocycles. The number of esters is 5.